The van der Waals surface area contributed by atoms with E-state index >= 15 is 0 Å². The van der Waals surface area contributed by atoms with Crippen molar-refractivity contribution in [2.45, 2.75) is 315 Å². The van der Waals surface area contributed by atoms with Crippen molar-refractivity contribution in [2.24, 2.45) is 0 Å². The van der Waals surface area contributed by atoms with Gasteiger partial charge in [0.2, 0.25) is 5.91 Å². The molecule has 0 saturated carbocycles. The first-order chi connectivity index (χ1) is 35.5. The van der Waals surface area contributed by atoms with E-state index in [-0.39, 0.29) is 19.1 Å². The highest BCUT2D eigenvalue weighted by Gasteiger charge is 2.23. The van der Waals surface area contributed by atoms with Crippen molar-refractivity contribution < 1.29 is 32.9 Å². The number of phosphoric ester groups is 1. The topological polar surface area (TPSA) is 108 Å². The van der Waals surface area contributed by atoms with E-state index in [1.54, 1.807) is 6.08 Å². The second-order valence-corrected chi connectivity index (χ2v) is 24.2. The predicted octanol–water partition coefficient (Wildman–Crippen LogP) is 18.9. The van der Waals surface area contributed by atoms with Crippen molar-refractivity contribution in [2.75, 3.05) is 40.9 Å². The fraction of sp³-hybridized carbons (Fsp3) is 0.859. The lowest BCUT2D eigenvalue weighted by molar-refractivity contribution is -0.870. The quantitative estimate of drug-likeness (QED) is 0.0272. The number of aliphatic hydroxyl groups excluding tert-OH is 1. The molecular weight excluding hydrogens is 924 g/mol. The van der Waals surface area contributed by atoms with E-state index in [0.29, 0.717) is 17.4 Å². The highest BCUT2D eigenvalue weighted by molar-refractivity contribution is 7.45. The number of carbonyl (C=O) groups is 1. The van der Waals surface area contributed by atoms with E-state index in [1.807, 2.05) is 27.2 Å². The van der Waals surface area contributed by atoms with Gasteiger partial charge in [-0.25, -0.2) is 0 Å². The minimum Gasteiger partial charge on any atom is -0.756 e. The molecule has 0 aromatic carbocycles. The Morgan fingerprint density at radius 2 is 0.795 bits per heavy atom. The smallest absolute Gasteiger partial charge is 0.268 e. The Morgan fingerprint density at radius 1 is 0.479 bits per heavy atom. The van der Waals surface area contributed by atoms with Crippen LogP contribution in [0.3, 0.4) is 0 Å². The third-order valence-corrected chi connectivity index (χ3v) is 15.2. The number of amides is 1. The zero-order chi connectivity index (χ0) is 53.5. The molecule has 1 amide bonds. The largest absolute Gasteiger partial charge is 0.756 e. The second-order valence-electron chi connectivity index (χ2n) is 22.8. The van der Waals surface area contributed by atoms with E-state index in [2.05, 4.69) is 55.6 Å². The average Bonchev–Trinajstić information content (AvgIpc) is 3.35. The van der Waals surface area contributed by atoms with Gasteiger partial charge < -0.3 is 28.8 Å². The molecule has 73 heavy (non-hydrogen) atoms. The molecule has 0 aromatic rings. The fourth-order valence-electron chi connectivity index (χ4n) is 9.34. The van der Waals surface area contributed by atoms with Crippen molar-refractivity contribution in [1.82, 2.24) is 5.32 Å². The van der Waals surface area contributed by atoms with Gasteiger partial charge in [-0.15, -0.1) is 0 Å². The number of phosphoric acid groups is 1. The van der Waals surface area contributed by atoms with Crippen molar-refractivity contribution in [3.05, 3.63) is 48.6 Å². The summed E-state index contributed by atoms with van der Waals surface area (Å²) in [7, 11) is 1.27. The van der Waals surface area contributed by atoms with Crippen LogP contribution in [0.15, 0.2) is 48.6 Å². The summed E-state index contributed by atoms with van der Waals surface area (Å²) in [5.74, 6) is -0.193. The minimum atomic E-state index is -4.60. The normalized spacial score (nSPS) is 14.1. The number of nitrogens with zero attached hydrogens (tertiary/aromatic N) is 1. The Morgan fingerprint density at radius 3 is 1.15 bits per heavy atom. The number of likely N-dealkylation sites (N-methyl/N-ethyl adjacent to an activating group) is 1. The van der Waals surface area contributed by atoms with Crippen LogP contribution in [0.1, 0.15) is 303 Å². The number of nitrogens with one attached hydrogen (secondary N) is 1. The van der Waals surface area contributed by atoms with Gasteiger partial charge in [0.05, 0.1) is 39.9 Å². The zero-order valence-electron chi connectivity index (χ0n) is 49.1. The monoisotopic (exact) mass is 1050 g/mol. The molecule has 0 heterocycles. The maximum atomic E-state index is 13.0. The Bertz CT molecular complexity index is 1330. The molecule has 3 unspecified atom stereocenters. The number of hydrogen-bond acceptors (Lipinski definition) is 6. The molecule has 2 N–H and O–H groups in total. The molecule has 0 radical (unpaired) electrons. The highest BCUT2D eigenvalue weighted by atomic mass is 31.2. The van der Waals surface area contributed by atoms with E-state index in [0.717, 1.165) is 51.4 Å². The Labute approximate surface area is 454 Å². The molecule has 0 rings (SSSR count). The molecule has 430 valence electrons. The van der Waals surface area contributed by atoms with Crippen LogP contribution in [-0.4, -0.2) is 68.5 Å². The lowest BCUT2D eigenvalue weighted by Crippen LogP contribution is -2.45. The third kappa shape index (κ3) is 58.0. The van der Waals surface area contributed by atoms with E-state index in [4.69, 9.17) is 9.05 Å². The Balaban J connectivity index is 4.06. The number of carbonyl (C=O) groups excluding carboxylic acids is 1. The summed E-state index contributed by atoms with van der Waals surface area (Å²) in [5, 5.41) is 13.9. The Kier molecular flexibility index (Phi) is 54.1. The molecule has 0 aliphatic rings. The summed E-state index contributed by atoms with van der Waals surface area (Å²) >= 11 is 0. The Hall–Kier alpha value is -1.54. The van der Waals surface area contributed by atoms with Crippen molar-refractivity contribution in [1.29, 1.82) is 0 Å². The maximum absolute atomic E-state index is 13.0. The third-order valence-electron chi connectivity index (χ3n) is 14.3. The number of unbranched alkanes of at least 4 members (excludes halogenated alkanes) is 39. The summed E-state index contributed by atoms with van der Waals surface area (Å²) in [4.78, 5) is 25.5. The van der Waals surface area contributed by atoms with Gasteiger partial charge in [0, 0.05) is 6.42 Å². The number of quaternary nitrogens is 1. The van der Waals surface area contributed by atoms with Crippen LogP contribution in [-0.2, 0) is 18.4 Å². The van der Waals surface area contributed by atoms with Crippen LogP contribution in [0.5, 0.6) is 0 Å². The molecule has 0 bridgehead atoms. The molecule has 9 heteroatoms. The van der Waals surface area contributed by atoms with Gasteiger partial charge in [0.15, 0.2) is 0 Å². The molecule has 0 saturated heterocycles. The van der Waals surface area contributed by atoms with Gasteiger partial charge in [-0.1, -0.05) is 287 Å². The first kappa shape index (κ1) is 71.5. The van der Waals surface area contributed by atoms with E-state index in [1.165, 1.54) is 231 Å². The lowest BCUT2D eigenvalue weighted by atomic mass is 10.0. The molecule has 0 spiro atoms. The summed E-state index contributed by atoms with van der Waals surface area (Å²) < 4.78 is 23.4. The molecule has 0 aliphatic heterocycles. The predicted molar refractivity (Wildman–Crippen MR) is 316 cm³/mol. The minimum absolute atomic E-state index is 0.000118. The van der Waals surface area contributed by atoms with Gasteiger partial charge in [-0.3, -0.25) is 9.36 Å². The molecule has 0 aromatic heterocycles. The van der Waals surface area contributed by atoms with Crippen LogP contribution >= 0.6 is 7.82 Å². The van der Waals surface area contributed by atoms with Gasteiger partial charge in [0.1, 0.15) is 13.2 Å². The number of hydrogen-bond donors (Lipinski definition) is 2. The maximum Gasteiger partial charge on any atom is 0.268 e. The summed E-state index contributed by atoms with van der Waals surface area (Å²) in [6.45, 7) is 4.67. The number of rotatable bonds is 58. The molecule has 3 atom stereocenters. The van der Waals surface area contributed by atoms with Crippen LogP contribution in [0.2, 0.25) is 0 Å². The summed E-state index contributed by atoms with van der Waals surface area (Å²) in [6.07, 6.45) is 73.4. The molecule has 0 aliphatic carbocycles. The van der Waals surface area contributed by atoms with Gasteiger partial charge in [-0.05, 0) is 57.8 Å². The van der Waals surface area contributed by atoms with Gasteiger partial charge in [0.25, 0.3) is 7.82 Å². The average molecular weight is 1050 g/mol. The van der Waals surface area contributed by atoms with Gasteiger partial charge in [-0.2, -0.15) is 0 Å². The van der Waals surface area contributed by atoms with Crippen LogP contribution in [0.25, 0.3) is 0 Å². The highest BCUT2D eigenvalue weighted by Crippen LogP contribution is 2.38. The lowest BCUT2D eigenvalue weighted by Gasteiger charge is -2.29. The molecular formula is C64H123N2O6P. The van der Waals surface area contributed by atoms with Crippen LogP contribution in [0.4, 0.5) is 0 Å². The van der Waals surface area contributed by atoms with E-state index in [9.17, 15) is 19.4 Å². The molecule has 8 nitrogen and oxygen atoms in total. The summed E-state index contributed by atoms with van der Waals surface area (Å²) in [5.41, 5.74) is 0. The number of aliphatic hydroxyl groups is 1. The first-order valence-electron chi connectivity index (χ1n) is 31.5. The molecule has 0 fully saturated rings. The van der Waals surface area contributed by atoms with Crippen molar-refractivity contribution in [3.63, 3.8) is 0 Å². The van der Waals surface area contributed by atoms with Gasteiger partial charge >= 0.3 is 0 Å². The van der Waals surface area contributed by atoms with E-state index < -0.39 is 20.0 Å². The van der Waals surface area contributed by atoms with Crippen LogP contribution in [0, 0.1) is 0 Å². The number of allylic oxidation sites excluding steroid dienone is 7. The first-order valence-corrected chi connectivity index (χ1v) is 33.0. The van der Waals surface area contributed by atoms with Crippen LogP contribution < -0.4 is 10.2 Å². The van der Waals surface area contributed by atoms with Crippen molar-refractivity contribution >= 4 is 13.7 Å². The second kappa shape index (κ2) is 55.2. The standard InChI is InChI=1S/C64H123N2O6P/c1-6-8-10-12-14-16-18-20-22-24-26-27-28-29-30-31-32-33-34-35-36-37-38-39-40-42-44-46-48-50-52-54-56-58-64(68)65-62(61-72-73(69,70)71-60-59-66(3,4)5)63(67)57-55-53-51-49-47-45-43-41-25-23-21-19-17-15-13-11-9-7-2/h18,20,24,26,28-29,55,57,62-63,67H,6-17,19,21-23,25,27,30-54,56,58-61H2,1-5H3,(H-,65,68,69,70)/b20-18-,26-24-,29-28-,57-55+. The summed E-state index contributed by atoms with van der Waals surface area (Å²) in [6, 6.07) is -0.886. The SMILES string of the molecule is CCCCCCC/C=C\C/C=C\C/C=C\CCCCCCCCCCCCCCCCCCCCC(=O)NC(COP(=O)([O-])OCC[N+](C)(C)C)C(O)/C=C/CCCCCCCCCCCCCCCCCC. The zero-order valence-corrected chi connectivity index (χ0v) is 50.0. The fourth-order valence-corrected chi connectivity index (χ4v) is 10.1. The van der Waals surface area contributed by atoms with Crippen molar-refractivity contribution in [3.8, 4) is 0 Å².